The molecular formula is C21H20F3N3O3. The lowest BCUT2D eigenvalue weighted by molar-refractivity contribution is -0.144. The van der Waals surface area contributed by atoms with Crippen molar-refractivity contribution in [1.82, 2.24) is 9.88 Å². The first-order valence-corrected chi connectivity index (χ1v) is 9.60. The highest BCUT2D eigenvalue weighted by atomic mass is 19.4. The van der Waals surface area contributed by atoms with Crippen LogP contribution in [0.25, 0.3) is 0 Å². The van der Waals surface area contributed by atoms with E-state index in [1.165, 1.54) is 17.0 Å². The zero-order valence-electron chi connectivity index (χ0n) is 16.1. The van der Waals surface area contributed by atoms with E-state index in [0.29, 0.717) is 32.5 Å². The summed E-state index contributed by atoms with van der Waals surface area (Å²) in [7, 11) is 0. The summed E-state index contributed by atoms with van der Waals surface area (Å²) in [6, 6.07) is 12.6. The number of hydrogen-bond donors (Lipinski definition) is 0. The van der Waals surface area contributed by atoms with E-state index < -0.39 is 23.4 Å². The minimum atomic E-state index is -4.61. The molecule has 0 saturated carbocycles. The van der Waals surface area contributed by atoms with Crippen molar-refractivity contribution < 1.29 is 27.5 Å². The van der Waals surface area contributed by atoms with Gasteiger partial charge < -0.3 is 14.5 Å². The molecule has 0 N–H and O–H groups in total. The van der Waals surface area contributed by atoms with Crippen molar-refractivity contribution in [3.8, 4) is 0 Å². The Morgan fingerprint density at radius 3 is 2.40 bits per heavy atom. The minimum absolute atomic E-state index is 0.0436. The van der Waals surface area contributed by atoms with Gasteiger partial charge in [-0.05, 0) is 37.1 Å². The second-order valence-corrected chi connectivity index (χ2v) is 7.49. The average molecular weight is 419 g/mol. The molecule has 2 saturated heterocycles. The summed E-state index contributed by atoms with van der Waals surface area (Å²) in [5.41, 5.74) is -1.11. The number of carbonyl (C=O) groups excluding carboxylic acids is 2. The predicted octanol–water partition coefficient (Wildman–Crippen LogP) is 3.14. The van der Waals surface area contributed by atoms with Crippen molar-refractivity contribution in [2.45, 2.75) is 24.6 Å². The molecule has 158 valence electrons. The number of halogens is 3. The second kappa shape index (κ2) is 7.71. The first kappa shape index (κ1) is 20.3. The molecule has 6 nitrogen and oxygen atoms in total. The van der Waals surface area contributed by atoms with E-state index in [1.807, 2.05) is 30.3 Å². The van der Waals surface area contributed by atoms with E-state index in [-0.39, 0.29) is 18.2 Å². The number of pyridine rings is 1. The molecule has 2 aliphatic rings. The van der Waals surface area contributed by atoms with Crippen molar-refractivity contribution >= 4 is 17.5 Å². The smallest absolute Gasteiger partial charge is 0.363 e. The monoisotopic (exact) mass is 419 g/mol. The van der Waals surface area contributed by atoms with E-state index in [0.717, 1.165) is 11.8 Å². The topological polar surface area (TPSA) is 62.7 Å². The summed E-state index contributed by atoms with van der Waals surface area (Å²) in [5, 5.41) is 0. The van der Waals surface area contributed by atoms with Gasteiger partial charge in [-0.1, -0.05) is 24.3 Å². The Bertz CT molecular complexity index is 941. The van der Waals surface area contributed by atoms with Crippen LogP contribution in [0.3, 0.4) is 0 Å². The lowest BCUT2D eigenvalue weighted by Gasteiger charge is -2.46. The Hall–Kier alpha value is -2.94. The fraction of sp³-hybridized carbons (Fsp3) is 0.381. The molecule has 0 atom stereocenters. The van der Waals surface area contributed by atoms with Gasteiger partial charge in [-0.25, -0.2) is 4.98 Å². The van der Waals surface area contributed by atoms with Gasteiger partial charge in [0.1, 0.15) is 18.0 Å². The average Bonchev–Trinajstić information content (AvgIpc) is 2.76. The highest BCUT2D eigenvalue weighted by molar-refractivity contribution is 5.95. The third-order valence-electron chi connectivity index (χ3n) is 5.54. The highest BCUT2D eigenvalue weighted by Gasteiger charge is 2.43. The van der Waals surface area contributed by atoms with Crippen LogP contribution in [0.2, 0.25) is 0 Å². The Morgan fingerprint density at radius 2 is 1.73 bits per heavy atom. The van der Waals surface area contributed by atoms with Crippen LogP contribution in [0.4, 0.5) is 18.9 Å². The summed E-state index contributed by atoms with van der Waals surface area (Å²) in [6.07, 6.45) is -3.64. The van der Waals surface area contributed by atoms with Crippen LogP contribution in [0.5, 0.6) is 0 Å². The van der Waals surface area contributed by atoms with E-state index >= 15 is 0 Å². The van der Waals surface area contributed by atoms with Gasteiger partial charge in [-0.15, -0.1) is 0 Å². The molecule has 1 aromatic carbocycles. The number of likely N-dealkylation sites (tertiary alicyclic amines) is 1. The lowest BCUT2D eigenvalue weighted by atomic mass is 9.89. The second-order valence-electron chi connectivity index (χ2n) is 7.49. The molecule has 30 heavy (non-hydrogen) atoms. The number of alkyl halides is 3. The van der Waals surface area contributed by atoms with E-state index in [9.17, 15) is 22.8 Å². The number of ether oxygens (including phenoxy) is 1. The number of carbonyl (C=O) groups is 2. The van der Waals surface area contributed by atoms with Gasteiger partial charge in [0.2, 0.25) is 0 Å². The molecule has 0 radical (unpaired) electrons. The third-order valence-corrected chi connectivity index (χ3v) is 5.54. The van der Waals surface area contributed by atoms with Crippen molar-refractivity contribution in [1.29, 1.82) is 0 Å². The molecule has 2 amide bonds. The molecule has 9 heteroatoms. The zero-order valence-corrected chi connectivity index (χ0v) is 16.1. The van der Waals surface area contributed by atoms with Crippen molar-refractivity contribution in [2.75, 3.05) is 31.1 Å². The van der Waals surface area contributed by atoms with Gasteiger partial charge >= 0.3 is 6.18 Å². The zero-order chi connectivity index (χ0) is 21.4. The van der Waals surface area contributed by atoms with Crippen LogP contribution < -0.4 is 4.90 Å². The Morgan fingerprint density at radius 1 is 1.03 bits per heavy atom. The van der Waals surface area contributed by atoms with Crippen LogP contribution in [-0.2, 0) is 15.7 Å². The third kappa shape index (κ3) is 4.02. The van der Waals surface area contributed by atoms with Crippen LogP contribution >= 0.6 is 0 Å². The summed E-state index contributed by atoms with van der Waals surface area (Å²) in [5.74, 6) is -0.666. The maximum absolute atomic E-state index is 12.9. The number of aromatic nitrogens is 1. The molecule has 0 unspecified atom stereocenters. The van der Waals surface area contributed by atoms with Crippen LogP contribution in [-0.4, -0.2) is 53.5 Å². The fourth-order valence-electron chi connectivity index (χ4n) is 3.85. The largest absolute Gasteiger partial charge is 0.433 e. The normalized spacial score (nSPS) is 19.2. The number of benzene rings is 1. The number of amides is 2. The van der Waals surface area contributed by atoms with E-state index in [1.54, 1.807) is 4.90 Å². The van der Waals surface area contributed by atoms with Crippen LogP contribution in [0.1, 0.15) is 29.0 Å². The number of para-hydroxylation sites is 1. The number of rotatable bonds is 2. The fourth-order valence-corrected chi connectivity index (χ4v) is 3.85. The van der Waals surface area contributed by atoms with Crippen LogP contribution in [0, 0.1) is 0 Å². The number of hydrogen-bond acceptors (Lipinski definition) is 4. The number of anilines is 1. The molecule has 1 aromatic heterocycles. The highest BCUT2D eigenvalue weighted by Crippen LogP contribution is 2.33. The van der Waals surface area contributed by atoms with Gasteiger partial charge in [-0.2, -0.15) is 13.2 Å². The minimum Gasteiger partial charge on any atom is -0.363 e. The van der Waals surface area contributed by atoms with Gasteiger partial charge in [-0.3, -0.25) is 9.59 Å². The molecule has 3 heterocycles. The molecule has 2 fully saturated rings. The first-order valence-electron chi connectivity index (χ1n) is 9.60. The van der Waals surface area contributed by atoms with Crippen LogP contribution in [0.15, 0.2) is 48.5 Å². The number of piperidine rings is 1. The lowest BCUT2D eigenvalue weighted by Crippen LogP contribution is -2.59. The number of nitrogens with zero attached hydrogens (tertiary/aromatic N) is 3. The van der Waals surface area contributed by atoms with Crippen molar-refractivity contribution in [2.24, 2.45) is 0 Å². The van der Waals surface area contributed by atoms with Crippen molar-refractivity contribution in [3.05, 3.63) is 59.9 Å². The maximum Gasteiger partial charge on any atom is 0.433 e. The predicted molar refractivity (Wildman–Crippen MR) is 102 cm³/mol. The standard InChI is InChI=1S/C21H20F3N3O3/c22-21(23,24)17-8-4-7-16(25-17)19(29)26-11-9-20(10-12-26)14-27(18(28)13-30-20)15-5-2-1-3-6-15/h1-8H,9-14H2. The summed E-state index contributed by atoms with van der Waals surface area (Å²) in [4.78, 5) is 31.7. The van der Waals surface area contributed by atoms with Gasteiger partial charge in [0.05, 0.1) is 12.1 Å². The molecule has 2 aromatic rings. The molecule has 2 aliphatic heterocycles. The Labute approximate surface area is 171 Å². The van der Waals surface area contributed by atoms with Gasteiger partial charge in [0.25, 0.3) is 11.8 Å². The Balaban J connectivity index is 1.45. The Kier molecular flexibility index (Phi) is 5.23. The summed E-state index contributed by atoms with van der Waals surface area (Å²) in [6.45, 7) is 0.957. The van der Waals surface area contributed by atoms with Gasteiger partial charge in [0.15, 0.2) is 0 Å². The molecule has 1 spiro atoms. The quantitative estimate of drug-likeness (QED) is 0.751. The summed E-state index contributed by atoms with van der Waals surface area (Å²) < 4.78 is 44.5. The first-order chi connectivity index (χ1) is 14.3. The van der Waals surface area contributed by atoms with E-state index in [2.05, 4.69) is 4.98 Å². The SMILES string of the molecule is O=C(c1cccc(C(F)(F)F)n1)N1CCC2(CC1)CN(c1ccccc1)C(=O)CO2. The summed E-state index contributed by atoms with van der Waals surface area (Å²) >= 11 is 0. The molecule has 0 aliphatic carbocycles. The molecule has 0 bridgehead atoms. The van der Waals surface area contributed by atoms with Gasteiger partial charge in [0, 0.05) is 18.8 Å². The molecule has 4 rings (SSSR count). The number of morpholine rings is 1. The van der Waals surface area contributed by atoms with Crippen molar-refractivity contribution in [3.63, 3.8) is 0 Å². The maximum atomic E-state index is 12.9. The molecular weight excluding hydrogens is 399 g/mol. The van der Waals surface area contributed by atoms with E-state index in [4.69, 9.17) is 4.74 Å².